The van der Waals surface area contributed by atoms with Crippen molar-refractivity contribution in [3.63, 3.8) is 0 Å². The van der Waals surface area contributed by atoms with Gasteiger partial charge in [0, 0.05) is 30.8 Å². The van der Waals surface area contributed by atoms with Crippen LogP contribution in [0, 0.1) is 10.1 Å². The van der Waals surface area contributed by atoms with Crippen molar-refractivity contribution in [2.75, 3.05) is 32.8 Å². The third-order valence-electron chi connectivity index (χ3n) is 5.98. The molecule has 1 fully saturated rings. The highest BCUT2D eigenvalue weighted by molar-refractivity contribution is 6.46. The molecular weight excluding hydrogens is 450 g/mol. The summed E-state index contributed by atoms with van der Waals surface area (Å²) in [4.78, 5) is 40.5. The number of non-ortho nitro benzene ring substituents is 1. The summed E-state index contributed by atoms with van der Waals surface area (Å²) in [5.74, 6) is -1.37. The summed E-state index contributed by atoms with van der Waals surface area (Å²) in [5, 5.41) is 22.5. The van der Waals surface area contributed by atoms with Crippen LogP contribution in [0.3, 0.4) is 0 Å². The van der Waals surface area contributed by atoms with E-state index in [2.05, 4.69) is 11.5 Å². The van der Waals surface area contributed by atoms with Crippen molar-refractivity contribution in [3.8, 4) is 5.75 Å². The van der Waals surface area contributed by atoms with Crippen LogP contribution in [-0.2, 0) is 9.59 Å². The fourth-order valence-corrected chi connectivity index (χ4v) is 4.07. The molecule has 1 aliphatic rings. The van der Waals surface area contributed by atoms with Crippen molar-refractivity contribution in [3.05, 3.63) is 88.0 Å². The van der Waals surface area contributed by atoms with E-state index in [1.165, 1.54) is 23.1 Å². The molecule has 2 aromatic carbocycles. The van der Waals surface area contributed by atoms with Gasteiger partial charge in [0.25, 0.3) is 17.4 Å². The number of nitro benzene ring substituents is 1. The van der Waals surface area contributed by atoms with Gasteiger partial charge in [0.1, 0.15) is 18.1 Å². The van der Waals surface area contributed by atoms with Crippen LogP contribution in [0.4, 0.5) is 5.69 Å². The number of rotatable bonds is 11. The SMILES string of the molecule is C=CCOc1ccc(/C(O)=C2/C(=O)C(=O)N(CCN(CC)CC)C2c2cccc([N+](=O)[O-])c2)cc1. The first-order valence-corrected chi connectivity index (χ1v) is 11.4. The first-order valence-electron chi connectivity index (χ1n) is 11.4. The molecule has 1 saturated heterocycles. The van der Waals surface area contributed by atoms with E-state index in [-0.39, 0.29) is 23.6 Å². The zero-order valence-corrected chi connectivity index (χ0v) is 19.8. The summed E-state index contributed by atoms with van der Waals surface area (Å²) in [5.41, 5.74) is 0.439. The smallest absolute Gasteiger partial charge is 0.295 e. The summed E-state index contributed by atoms with van der Waals surface area (Å²) in [6.45, 7) is 10.2. The van der Waals surface area contributed by atoms with Crippen molar-refractivity contribution >= 4 is 23.1 Å². The molecule has 2 aromatic rings. The van der Waals surface area contributed by atoms with Gasteiger partial charge >= 0.3 is 0 Å². The molecule has 0 aliphatic carbocycles. The van der Waals surface area contributed by atoms with E-state index in [1.807, 2.05) is 13.8 Å². The van der Waals surface area contributed by atoms with E-state index in [1.54, 1.807) is 36.4 Å². The standard InChI is InChI=1S/C26H29N3O6/c1-4-16-35-21-12-10-18(11-13-21)24(30)22-23(19-8-7-9-20(17-19)29(33)34)28(26(32)25(22)31)15-14-27(5-2)6-3/h4,7-13,17,23,30H,1,5-6,14-16H2,2-3H3/b24-22-. The number of carbonyl (C=O) groups is 2. The first-order chi connectivity index (χ1) is 16.8. The molecule has 3 rings (SSSR count). The van der Waals surface area contributed by atoms with E-state index in [0.717, 1.165) is 13.1 Å². The van der Waals surface area contributed by atoms with Gasteiger partial charge in [-0.05, 0) is 42.9 Å². The average Bonchev–Trinajstić information content (AvgIpc) is 3.13. The number of likely N-dealkylation sites (N-methyl/N-ethyl adjacent to an activating group) is 1. The van der Waals surface area contributed by atoms with Gasteiger partial charge in [0.2, 0.25) is 0 Å². The predicted molar refractivity (Wildman–Crippen MR) is 132 cm³/mol. The quantitative estimate of drug-likeness (QED) is 0.130. The zero-order chi connectivity index (χ0) is 25.5. The topological polar surface area (TPSA) is 113 Å². The fourth-order valence-electron chi connectivity index (χ4n) is 4.07. The van der Waals surface area contributed by atoms with Crippen LogP contribution in [0.15, 0.2) is 66.8 Å². The minimum atomic E-state index is -0.956. The van der Waals surface area contributed by atoms with Crippen molar-refractivity contribution in [1.82, 2.24) is 9.80 Å². The molecule has 35 heavy (non-hydrogen) atoms. The van der Waals surface area contributed by atoms with E-state index in [9.17, 15) is 24.8 Å². The second kappa shape index (κ2) is 11.4. The third-order valence-corrected chi connectivity index (χ3v) is 5.98. The largest absolute Gasteiger partial charge is 0.507 e. The van der Waals surface area contributed by atoms with E-state index in [4.69, 9.17) is 4.74 Å². The maximum atomic E-state index is 13.1. The number of aliphatic hydroxyl groups is 1. The Balaban J connectivity index is 2.09. The van der Waals surface area contributed by atoms with Gasteiger partial charge in [-0.15, -0.1) is 0 Å². The molecule has 0 aromatic heterocycles. The number of nitro groups is 1. The summed E-state index contributed by atoms with van der Waals surface area (Å²) in [7, 11) is 0. The molecule has 0 saturated carbocycles. The lowest BCUT2D eigenvalue weighted by Gasteiger charge is -2.28. The molecule has 9 nitrogen and oxygen atoms in total. The molecule has 0 bridgehead atoms. The molecule has 1 heterocycles. The van der Waals surface area contributed by atoms with Crippen LogP contribution in [-0.4, -0.2) is 64.3 Å². The van der Waals surface area contributed by atoms with Crippen molar-refractivity contribution in [2.24, 2.45) is 0 Å². The number of benzene rings is 2. The van der Waals surface area contributed by atoms with Gasteiger partial charge in [-0.3, -0.25) is 19.7 Å². The number of aliphatic hydroxyl groups excluding tert-OH is 1. The number of likely N-dealkylation sites (tertiary alicyclic amines) is 1. The van der Waals surface area contributed by atoms with Gasteiger partial charge in [0.15, 0.2) is 0 Å². The number of ether oxygens (including phenoxy) is 1. The number of hydrogen-bond acceptors (Lipinski definition) is 7. The molecule has 1 unspecified atom stereocenters. The highest BCUT2D eigenvalue weighted by Crippen LogP contribution is 2.40. The minimum Gasteiger partial charge on any atom is -0.507 e. The lowest BCUT2D eigenvalue weighted by atomic mass is 9.95. The highest BCUT2D eigenvalue weighted by atomic mass is 16.6. The second-order valence-corrected chi connectivity index (χ2v) is 8.00. The van der Waals surface area contributed by atoms with Gasteiger partial charge in [-0.2, -0.15) is 0 Å². The van der Waals surface area contributed by atoms with Gasteiger partial charge in [-0.1, -0.05) is 38.6 Å². The monoisotopic (exact) mass is 479 g/mol. The summed E-state index contributed by atoms with van der Waals surface area (Å²) >= 11 is 0. The van der Waals surface area contributed by atoms with E-state index in [0.29, 0.717) is 30.0 Å². The number of amides is 1. The zero-order valence-electron chi connectivity index (χ0n) is 19.8. The van der Waals surface area contributed by atoms with Crippen LogP contribution in [0.1, 0.15) is 31.0 Å². The highest BCUT2D eigenvalue weighted by Gasteiger charge is 2.46. The predicted octanol–water partition coefficient (Wildman–Crippen LogP) is 3.92. The number of nitrogens with zero attached hydrogens (tertiary/aromatic N) is 3. The molecule has 1 aliphatic heterocycles. The van der Waals surface area contributed by atoms with Crippen LogP contribution in [0.2, 0.25) is 0 Å². The van der Waals surface area contributed by atoms with Crippen LogP contribution in [0.25, 0.3) is 5.76 Å². The molecular formula is C26H29N3O6. The maximum Gasteiger partial charge on any atom is 0.295 e. The van der Waals surface area contributed by atoms with Gasteiger partial charge in [-0.25, -0.2) is 0 Å². The Hall–Kier alpha value is -3.98. The Labute approximate surface area is 204 Å². The molecule has 0 radical (unpaired) electrons. The summed E-state index contributed by atoms with van der Waals surface area (Å²) < 4.78 is 5.46. The Bertz CT molecular complexity index is 1140. The molecule has 1 N–H and O–H groups in total. The lowest BCUT2D eigenvalue weighted by Crippen LogP contribution is -2.38. The Morgan fingerprint density at radius 2 is 1.89 bits per heavy atom. The number of ketones is 1. The fraction of sp³-hybridized carbons (Fsp3) is 0.308. The van der Waals surface area contributed by atoms with Crippen molar-refractivity contribution in [1.29, 1.82) is 0 Å². The molecule has 9 heteroatoms. The Morgan fingerprint density at radius 3 is 2.49 bits per heavy atom. The molecule has 0 spiro atoms. The van der Waals surface area contributed by atoms with Crippen LogP contribution in [0.5, 0.6) is 5.75 Å². The van der Waals surface area contributed by atoms with Crippen LogP contribution >= 0.6 is 0 Å². The molecule has 1 amide bonds. The summed E-state index contributed by atoms with van der Waals surface area (Å²) in [6.07, 6.45) is 1.60. The minimum absolute atomic E-state index is 0.102. The first kappa shape index (κ1) is 25.6. The maximum absolute atomic E-state index is 13.1. The normalized spacial score (nSPS) is 17.1. The molecule has 1 atom stereocenters. The second-order valence-electron chi connectivity index (χ2n) is 8.00. The average molecular weight is 480 g/mol. The Kier molecular flexibility index (Phi) is 8.38. The Morgan fingerprint density at radius 1 is 1.20 bits per heavy atom. The van der Waals surface area contributed by atoms with Crippen molar-refractivity contribution < 1.29 is 24.4 Å². The lowest BCUT2D eigenvalue weighted by molar-refractivity contribution is -0.384. The third kappa shape index (κ3) is 5.58. The van der Waals surface area contributed by atoms with Gasteiger partial charge < -0.3 is 19.6 Å². The number of carbonyl (C=O) groups excluding carboxylic acids is 2. The molecule has 184 valence electrons. The summed E-state index contributed by atoms with van der Waals surface area (Å²) in [6, 6.07) is 11.3. The van der Waals surface area contributed by atoms with E-state index >= 15 is 0 Å². The van der Waals surface area contributed by atoms with Crippen molar-refractivity contribution in [2.45, 2.75) is 19.9 Å². The number of hydrogen-bond donors (Lipinski definition) is 1. The van der Waals surface area contributed by atoms with Gasteiger partial charge in [0.05, 0.1) is 16.5 Å². The van der Waals surface area contributed by atoms with E-state index < -0.39 is 22.7 Å². The van der Waals surface area contributed by atoms with Crippen LogP contribution < -0.4 is 4.74 Å². The number of Topliss-reactive ketones (excluding diaryl/α,β-unsaturated/α-hetero) is 1.